The summed E-state index contributed by atoms with van der Waals surface area (Å²) in [4.78, 5) is 0. The van der Waals surface area contributed by atoms with Gasteiger partial charge in [-0.05, 0) is 44.8 Å². The van der Waals surface area contributed by atoms with E-state index in [1.165, 1.54) is 5.56 Å². The van der Waals surface area contributed by atoms with E-state index >= 15 is 0 Å². The van der Waals surface area contributed by atoms with Crippen LogP contribution < -0.4 is 10.0 Å². The molecule has 1 saturated heterocycles. The highest BCUT2D eigenvalue weighted by atomic mass is 32.2. The lowest BCUT2D eigenvalue weighted by molar-refractivity contribution is 0.261. The van der Waals surface area contributed by atoms with E-state index in [4.69, 9.17) is 0 Å². The monoisotopic (exact) mass is 311 g/mol. The highest BCUT2D eigenvalue weighted by Crippen LogP contribution is 2.18. The van der Waals surface area contributed by atoms with Crippen LogP contribution in [0.25, 0.3) is 0 Å². The number of nitrogens with one attached hydrogen (secondary N) is 2. The van der Waals surface area contributed by atoms with Crippen molar-refractivity contribution in [3.8, 4) is 0 Å². The maximum Gasteiger partial charge on any atom is 0.279 e. The van der Waals surface area contributed by atoms with Gasteiger partial charge in [0.1, 0.15) is 0 Å². The third kappa shape index (κ3) is 4.78. The van der Waals surface area contributed by atoms with E-state index in [2.05, 4.69) is 10.0 Å². The molecule has 0 bridgehead atoms. The standard InChI is InChI=1S/C15H25N3O2S/c1-13-5-7-14(8-6-13)11-17-21(19,20)18-9-3-4-15(12-18)10-16-2/h5-8,15-17H,3-4,9-12H2,1-2H3. The number of aryl methyl sites for hydroxylation is 1. The van der Waals surface area contributed by atoms with E-state index in [1.807, 2.05) is 38.2 Å². The minimum absolute atomic E-state index is 0.343. The van der Waals surface area contributed by atoms with Gasteiger partial charge in [0, 0.05) is 19.6 Å². The topological polar surface area (TPSA) is 61.4 Å². The number of benzene rings is 1. The molecule has 0 aliphatic carbocycles. The van der Waals surface area contributed by atoms with Crippen LogP contribution in [0.4, 0.5) is 0 Å². The van der Waals surface area contributed by atoms with Crippen LogP contribution in [0, 0.1) is 12.8 Å². The van der Waals surface area contributed by atoms with E-state index in [1.54, 1.807) is 4.31 Å². The van der Waals surface area contributed by atoms with Gasteiger partial charge in [0.15, 0.2) is 0 Å². The molecule has 2 rings (SSSR count). The summed E-state index contributed by atoms with van der Waals surface area (Å²) in [6.45, 7) is 4.44. The normalized spacial score (nSPS) is 20.6. The average molecular weight is 311 g/mol. The van der Waals surface area contributed by atoms with E-state index in [0.29, 0.717) is 25.6 Å². The molecule has 1 aliphatic heterocycles. The predicted molar refractivity (Wildman–Crippen MR) is 85.2 cm³/mol. The fraction of sp³-hybridized carbons (Fsp3) is 0.600. The summed E-state index contributed by atoms with van der Waals surface area (Å²) >= 11 is 0. The van der Waals surface area contributed by atoms with Crippen molar-refractivity contribution in [1.82, 2.24) is 14.3 Å². The van der Waals surface area contributed by atoms with Crippen molar-refractivity contribution in [2.45, 2.75) is 26.3 Å². The first-order valence-electron chi connectivity index (χ1n) is 7.46. The summed E-state index contributed by atoms with van der Waals surface area (Å²) in [5.74, 6) is 0.402. The zero-order valence-corrected chi connectivity index (χ0v) is 13.6. The van der Waals surface area contributed by atoms with Crippen molar-refractivity contribution < 1.29 is 8.42 Å². The zero-order valence-electron chi connectivity index (χ0n) is 12.8. The number of hydrogen-bond acceptors (Lipinski definition) is 3. The molecular weight excluding hydrogens is 286 g/mol. The Labute approximate surface area is 127 Å². The van der Waals surface area contributed by atoms with Crippen molar-refractivity contribution >= 4 is 10.2 Å². The molecule has 2 N–H and O–H groups in total. The Morgan fingerprint density at radius 1 is 1.29 bits per heavy atom. The predicted octanol–water partition coefficient (Wildman–Crippen LogP) is 1.26. The maximum atomic E-state index is 12.4. The number of rotatable bonds is 6. The van der Waals surface area contributed by atoms with Gasteiger partial charge in [0.2, 0.25) is 0 Å². The van der Waals surface area contributed by atoms with Crippen molar-refractivity contribution in [2.24, 2.45) is 5.92 Å². The smallest absolute Gasteiger partial charge is 0.279 e. The second-order valence-corrected chi connectivity index (χ2v) is 7.49. The van der Waals surface area contributed by atoms with E-state index in [-0.39, 0.29) is 0 Å². The van der Waals surface area contributed by atoms with Crippen LogP contribution >= 0.6 is 0 Å². The van der Waals surface area contributed by atoms with Gasteiger partial charge >= 0.3 is 0 Å². The van der Waals surface area contributed by atoms with Crippen LogP contribution in [-0.2, 0) is 16.8 Å². The molecule has 1 atom stereocenters. The van der Waals surface area contributed by atoms with Crippen LogP contribution in [-0.4, -0.2) is 39.4 Å². The van der Waals surface area contributed by atoms with Gasteiger partial charge in [-0.3, -0.25) is 0 Å². The Morgan fingerprint density at radius 2 is 2.00 bits per heavy atom. The van der Waals surface area contributed by atoms with Crippen LogP contribution in [0.15, 0.2) is 24.3 Å². The van der Waals surface area contributed by atoms with E-state index < -0.39 is 10.2 Å². The lowest BCUT2D eigenvalue weighted by Crippen LogP contribution is -2.47. The second-order valence-electron chi connectivity index (χ2n) is 5.74. The van der Waals surface area contributed by atoms with Crippen LogP contribution in [0.2, 0.25) is 0 Å². The van der Waals surface area contributed by atoms with Crippen molar-refractivity contribution in [3.05, 3.63) is 35.4 Å². The minimum Gasteiger partial charge on any atom is -0.319 e. The van der Waals surface area contributed by atoms with Crippen molar-refractivity contribution in [1.29, 1.82) is 0 Å². The first-order valence-corrected chi connectivity index (χ1v) is 8.90. The van der Waals surface area contributed by atoms with Crippen molar-refractivity contribution in [2.75, 3.05) is 26.7 Å². The number of piperidine rings is 1. The molecule has 1 unspecified atom stereocenters. The zero-order chi connectivity index (χ0) is 15.3. The van der Waals surface area contributed by atoms with E-state index in [9.17, 15) is 8.42 Å². The van der Waals surface area contributed by atoms with Gasteiger partial charge in [-0.15, -0.1) is 0 Å². The van der Waals surface area contributed by atoms with Crippen LogP contribution in [0.3, 0.4) is 0 Å². The number of nitrogens with zero attached hydrogens (tertiary/aromatic N) is 1. The third-order valence-corrected chi connectivity index (χ3v) is 5.41. The Kier molecular flexibility index (Phi) is 5.75. The third-order valence-electron chi connectivity index (χ3n) is 3.89. The van der Waals surface area contributed by atoms with Crippen LogP contribution in [0.1, 0.15) is 24.0 Å². The van der Waals surface area contributed by atoms with Crippen LogP contribution in [0.5, 0.6) is 0 Å². The molecule has 1 aliphatic rings. The molecule has 21 heavy (non-hydrogen) atoms. The molecule has 0 saturated carbocycles. The lowest BCUT2D eigenvalue weighted by atomic mass is 10.00. The Morgan fingerprint density at radius 3 is 2.67 bits per heavy atom. The summed E-state index contributed by atoms with van der Waals surface area (Å²) in [7, 11) is -1.48. The van der Waals surface area contributed by atoms with Gasteiger partial charge < -0.3 is 5.32 Å². The van der Waals surface area contributed by atoms with Gasteiger partial charge in [-0.1, -0.05) is 29.8 Å². The molecule has 1 fully saturated rings. The van der Waals surface area contributed by atoms with Gasteiger partial charge in [0.25, 0.3) is 10.2 Å². The van der Waals surface area contributed by atoms with Gasteiger partial charge in [-0.25, -0.2) is 0 Å². The van der Waals surface area contributed by atoms with Gasteiger partial charge in [-0.2, -0.15) is 17.4 Å². The summed E-state index contributed by atoms with van der Waals surface area (Å²) in [5, 5.41) is 3.13. The summed E-state index contributed by atoms with van der Waals surface area (Å²) in [6.07, 6.45) is 2.02. The molecule has 6 heteroatoms. The molecule has 1 aromatic carbocycles. The molecule has 0 radical (unpaired) electrons. The Balaban J connectivity index is 1.93. The Hall–Kier alpha value is -0.950. The summed E-state index contributed by atoms with van der Waals surface area (Å²) < 4.78 is 29.0. The molecular formula is C15H25N3O2S. The number of hydrogen-bond donors (Lipinski definition) is 2. The lowest BCUT2D eigenvalue weighted by Gasteiger charge is -2.31. The fourth-order valence-electron chi connectivity index (χ4n) is 2.67. The molecule has 0 aromatic heterocycles. The van der Waals surface area contributed by atoms with E-state index in [0.717, 1.165) is 24.9 Å². The SMILES string of the molecule is CNCC1CCCN(S(=O)(=O)NCc2ccc(C)cc2)C1. The minimum atomic E-state index is -3.39. The fourth-order valence-corrected chi connectivity index (χ4v) is 3.98. The molecule has 5 nitrogen and oxygen atoms in total. The quantitative estimate of drug-likeness (QED) is 0.831. The summed E-state index contributed by atoms with van der Waals surface area (Å²) in [5.41, 5.74) is 2.15. The molecule has 1 heterocycles. The average Bonchev–Trinajstić information content (AvgIpc) is 2.47. The van der Waals surface area contributed by atoms with Crippen molar-refractivity contribution in [3.63, 3.8) is 0 Å². The largest absolute Gasteiger partial charge is 0.319 e. The molecule has 0 spiro atoms. The first-order chi connectivity index (χ1) is 10.0. The highest BCUT2D eigenvalue weighted by Gasteiger charge is 2.28. The highest BCUT2D eigenvalue weighted by molar-refractivity contribution is 7.87. The molecule has 1 aromatic rings. The first kappa shape index (κ1) is 16.4. The summed E-state index contributed by atoms with van der Waals surface area (Å²) in [6, 6.07) is 7.90. The van der Waals surface area contributed by atoms with Gasteiger partial charge in [0.05, 0.1) is 0 Å². The molecule has 118 valence electrons. The Bertz CT molecular complexity index is 541. The second kappa shape index (κ2) is 7.35. The maximum absolute atomic E-state index is 12.4. The molecule has 0 amide bonds.